The predicted octanol–water partition coefficient (Wildman–Crippen LogP) is 3.48. The molecule has 11 heteroatoms. The van der Waals surface area contributed by atoms with Gasteiger partial charge in [-0.3, -0.25) is 4.99 Å². The highest BCUT2D eigenvalue weighted by molar-refractivity contribution is 14.0. The Balaban J connectivity index is 0.00000480. The van der Waals surface area contributed by atoms with Crippen LogP contribution in [0.1, 0.15) is 25.8 Å². The van der Waals surface area contributed by atoms with Crippen LogP contribution in [0.5, 0.6) is 0 Å². The van der Waals surface area contributed by atoms with E-state index in [9.17, 15) is 21.6 Å². The van der Waals surface area contributed by atoms with E-state index in [1.807, 2.05) is 18.7 Å². The fourth-order valence-corrected chi connectivity index (χ4v) is 4.18. The summed E-state index contributed by atoms with van der Waals surface area (Å²) in [5, 5.41) is 3.31. The maximum atomic E-state index is 13.0. The number of aliphatic imine (C=N–C) groups is 1. The Kier molecular flexibility index (Phi) is 9.92. The van der Waals surface area contributed by atoms with Crippen LogP contribution in [-0.2, 0) is 16.0 Å². The van der Waals surface area contributed by atoms with Gasteiger partial charge in [-0.25, -0.2) is 8.42 Å². The Morgan fingerprint density at radius 2 is 1.77 bits per heavy atom. The van der Waals surface area contributed by atoms with Crippen LogP contribution in [0, 0.1) is 5.41 Å². The van der Waals surface area contributed by atoms with Gasteiger partial charge in [-0.1, -0.05) is 19.9 Å². The van der Waals surface area contributed by atoms with Crippen LogP contribution in [0.4, 0.5) is 18.9 Å². The van der Waals surface area contributed by atoms with Crippen LogP contribution < -0.4 is 10.2 Å². The maximum Gasteiger partial charge on any atom is 0.416 e. The normalized spacial score (nSPS) is 16.2. The zero-order chi connectivity index (χ0) is 22.6. The van der Waals surface area contributed by atoms with Gasteiger partial charge < -0.3 is 15.1 Å². The quantitative estimate of drug-likeness (QED) is 0.319. The predicted molar refractivity (Wildman–Crippen MR) is 130 cm³/mol. The number of nitrogens with zero attached hydrogens (tertiary/aromatic N) is 3. The van der Waals surface area contributed by atoms with Crippen molar-refractivity contribution in [3.8, 4) is 0 Å². The second-order valence-corrected chi connectivity index (χ2v) is 10.7. The summed E-state index contributed by atoms with van der Waals surface area (Å²) >= 11 is 0. The second kappa shape index (κ2) is 11.1. The van der Waals surface area contributed by atoms with E-state index in [-0.39, 0.29) is 35.1 Å². The van der Waals surface area contributed by atoms with E-state index in [1.54, 1.807) is 13.1 Å². The fraction of sp³-hybridized carbons (Fsp3) is 0.650. The van der Waals surface area contributed by atoms with Crippen molar-refractivity contribution >= 4 is 45.5 Å². The summed E-state index contributed by atoms with van der Waals surface area (Å²) < 4.78 is 61.7. The van der Waals surface area contributed by atoms with Crippen molar-refractivity contribution in [3.63, 3.8) is 0 Å². The first-order chi connectivity index (χ1) is 13.8. The number of benzene rings is 1. The van der Waals surface area contributed by atoms with Crippen molar-refractivity contribution in [2.75, 3.05) is 56.7 Å². The molecule has 0 aliphatic carbocycles. The van der Waals surface area contributed by atoms with Crippen molar-refractivity contribution in [2.45, 2.75) is 26.4 Å². The average Bonchev–Trinajstić information content (AvgIpc) is 2.66. The van der Waals surface area contributed by atoms with Gasteiger partial charge >= 0.3 is 6.18 Å². The van der Waals surface area contributed by atoms with Crippen LogP contribution in [-0.4, -0.2) is 71.1 Å². The van der Waals surface area contributed by atoms with Gasteiger partial charge in [-0.05, 0) is 30.0 Å². The number of sulfone groups is 1. The molecule has 0 saturated carbocycles. The topological polar surface area (TPSA) is 65.0 Å². The summed E-state index contributed by atoms with van der Waals surface area (Å²) in [6.07, 6.45) is -2.58. The number of rotatable bonds is 6. The molecular formula is C20H32F3IN4O2S. The number of halogens is 4. The molecule has 1 saturated heterocycles. The third-order valence-electron chi connectivity index (χ3n) is 5.20. The summed E-state index contributed by atoms with van der Waals surface area (Å²) in [6, 6.07) is 5.40. The zero-order valence-electron chi connectivity index (χ0n) is 18.4. The molecule has 0 amide bonds. The molecule has 0 aromatic heterocycles. The molecule has 178 valence electrons. The third-order valence-corrected chi connectivity index (χ3v) is 6.15. The molecule has 1 aliphatic rings. The molecule has 1 heterocycles. The number of nitrogens with one attached hydrogen (secondary N) is 1. The first-order valence-corrected chi connectivity index (χ1v) is 11.9. The molecule has 1 aromatic rings. The van der Waals surface area contributed by atoms with Gasteiger partial charge in [-0.2, -0.15) is 13.2 Å². The lowest BCUT2D eigenvalue weighted by molar-refractivity contribution is -0.137. The SMILES string of the molecule is CN=C(NCC(C)(C)CCS(C)(=O)=O)N1CCN(c2cccc(C(F)(F)F)c2)CC1.I. The first-order valence-electron chi connectivity index (χ1n) is 9.86. The van der Waals surface area contributed by atoms with Gasteiger partial charge in [0, 0.05) is 51.7 Å². The molecule has 1 aromatic carbocycles. The molecule has 0 bridgehead atoms. The molecule has 1 fully saturated rings. The second-order valence-electron chi connectivity index (χ2n) is 8.47. The standard InChI is InChI=1S/C20H31F3N4O2S.HI/c1-19(2,8-13-30(4,28)29)15-25-18(24-3)27-11-9-26(10-12-27)17-7-5-6-16(14-17)20(21,22)23;/h5-7,14H,8-13,15H2,1-4H3,(H,24,25);1H. The van der Waals surface area contributed by atoms with Crippen molar-refractivity contribution in [3.05, 3.63) is 29.8 Å². The number of piperazine rings is 1. The van der Waals surface area contributed by atoms with Crippen molar-refractivity contribution in [1.29, 1.82) is 0 Å². The van der Waals surface area contributed by atoms with Crippen LogP contribution >= 0.6 is 24.0 Å². The Hall–Kier alpha value is -1.24. The van der Waals surface area contributed by atoms with Gasteiger partial charge in [0.1, 0.15) is 9.84 Å². The Labute approximate surface area is 200 Å². The van der Waals surface area contributed by atoms with E-state index in [0.29, 0.717) is 50.8 Å². The van der Waals surface area contributed by atoms with Crippen molar-refractivity contribution in [1.82, 2.24) is 10.2 Å². The van der Waals surface area contributed by atoms with Gasteiger partial charge in [0.15, 0.2) is 5.96 Å². The molecule has 6 nitrogen and oxygen atoms in total. The first kappa shape index (κ1) is 27.8. The summed E-state index contributed by atoms with van der Waals surface area (Å²) in [6.45, 7) is 7.00. The summed E-state index contributed by atoms with van der Waals surface area (Å²) in [4.78, 5) is 8.32. The molecule has 1 aliphatic heterocycles. The summed E-state index contributed by atoms with van der Waals surface area (Å²) in [5.41, 5.74) is -0.302. The van der Waals surface area contributed by atoms with E-state index in [4.69, 9.17) is 0 Å². The molecule has 1 N–H and O–H groups in total. The molecule has 0 radical (unpaired) electrons. The monoisotopic (exact) mass is 576 g/mol. The van der Waals surface area contributed by atoms with Gasteiger partial charge in [0.2, 0.25) is 0 Å². The molecular weight excluding hydrogens is 544 g/mol. The number of hydrogen-bond acceptors (Lipinski definition) is 4. The lowest BCUT2D eigenvalue weighted by Gasteiger charge is -2.38. The highest BCUT2D eigenvalue weighted by Gasteiger charge is 2.31. The molecule has 0 spiro atoms. The maximum absolute atomic E-state index is 13.0. The largest absolute Gasteiger partial charge is 0.416 e. The minimum atomic E-state index is -4.35. The van der Waals surface area contributed by atoms with E-state index in [0.717, 1.165) is 6.07 Å². The molecule has 0 unspecified atom stereocenters. The minimum Gasteiger partial charge on any atom is -0.368 e. The Bertz CT molecular complexity index is 852. The highest BCUT2D eigenvalue weighted by atomic mass is 127. The lowest BCUT2D eigenvalue weighted by Crippen LogP contribution is -2.53. The number of hydrogen-bond donors (Lipinski definition) is 1. The van der Waals surface area contributed by atoms with Crippen LogP contribution in [0.15, 0.2) is 29.3 Å². The van der Waals surface area contributed by atoms with E-state index in [1.165, 1.54) is 18.4 Å². The van der Waals surface area contributed by atoms with Crippen LogP contribution in [0.3, 0.4) is 0 Å². The molecule has 2 rings (SSSR count). The number of guanidine groups is 1. The summed E-state index contributed by atoms with van der Waals surface area (Å²) in [5.74, 6) is 0.849. The Morgan fingerprint density at radius 3 is 2.29 bits per heavy atom. The van der Waals surface area contributed by atoms with Crippen LogP contribution in [0.25, 0.3) is 0 Å². The lowest BCUT2D eigenvalue weighted by atomic mass is 9.90. The fourth-order valence-electron chi connectivity index (χ4n) is 3.26. The summed E-state index contributed by atoms with van der Waals surface area (Å²) in [7, 11) is -1.33. The number of anilines is 1. The number of alkyl halides is 3. The van der Waals surface area contributed by atoms with Crippen molar-refractivity contribution < 1.29 is 21.6 Å². The van der Waals surface area contributed by atoms with Crippen LogP contribution in [0.2, 0.25) is 0 Å². The van der Waals surface area contributed by atoms with Gasteiger partial charge in [-0.15, -0.1) is 24.0 Å². The average molecular weight is 576 g/mol. The Morgan fingerprint density at radius 1 is 1.16 bits per heavy atom. The highest BCUT2D eigenvalue weighted by Crippen LogP contribution is 2.31. The van der Waals surface area contributed by atoms with E-state index in [2.05, 4.69) is 15.2 Å². The van der Waals surface area contributed by atoms with E-state index >= 15 is 0 Å². The minimum absolute atomic E-state index is 0. The zero-order valence-corrected chi connectivity index (χ0v) is 21.5. The van der Waals surface area contributed by atoms with Crippen molar-refractivity contribution in [2.24, 2.45) is 10.4 Å². The third kappa shape index (κ3) is 9.03. The smallest absolute Gasteiger partial charge is 0.368 e. The van der Waals surface area contributed by atoms with Gasteiger partial charge in [0.05, 0.1) is 11.3 Å². The molecule has 0 atom stereocenters. The molecule has 31 heavy (non-hydrogen) atoms. The van der Waals surface area contributed by atoms with E-state index < -0.39 is 21.6 Å². The van der Waals surface area contributed by atoms with Gasteiger partial charge in [0.25, 0.3) is 0 Å².